The molecule has 0 aliphatic heterocycles. The predicted molar refractivity (Wildman–Crippen MR) is 67.1 cm³/mol. The zero-order valence-electron chi connectivity index (χ0n) is 9.10. The quantitative estimate of drug-likeness (QED) is 0.642. The van der Waals surface area contributed by atoms with E-state index in [0.717, 1.165) is 5.56 Å². The molecule has 0 aromatic heterocycles. The Morgan fingerprint density at radius 2 is 2.31 bits per heavy atom. The second kappa shape index (κ2) is 6.06. The van der Waals surface area contributed by atoms with Gasteiger partial charge in [-0.25, -0.2) is 0 Å². The van der Waals surface area contributed by atoms with E-state index >= 15 is 0 Å². The van der Waals surface area contributed by atoms with Gasteiger partial charge in [-0.1, -0.05) is 17.7 Å². The van der Waals surface area contributed by atoms with E-state index in [2.05, 4.69) is 11.7 Å². The molecule has 0 amide bonds. The Kier molecular flexibility index (Phi) is 5.02. The Morgan fingerprint density at radius 1 is 1.62 bits per heavy atom. The van der Waals surface area contributed by atoms with E-state index in [1.165, 1.54) is 16.9 Å². The van der Waals surface area contributed by atoms with Crippen molar-refractivity contribution in [2.24, 2.45) is 0 Å². The van der Waals surface area contributed by atoms with Crippen molar-refractivity contribution in [1.82, 2.24) is 0 Å². The number of carbonyl (C=O) groups is 1. The standard InChI is InChI=1S/C11H14O3S2/c1-7(16-15)5-9-6-8(11(12)13)3-4-10(9)14-2/h3-4,6-7,15H,5H2,1-2H3,(H,12,13)/p-1. The van der Waals surface area contributed by atoms with Gasteiger partial charge in [-0.15, -0.1) is 11.7 Å². The molecule has 0 spiro atoms. The van der Waals surface area contributed by atoms with Gasteiger partial charge >= 0.3 is 0 Å². The van der Waals surface area contributed by atoms with Gasteiger partial charge in [0.25, 0.3) is 0 Å². The van der Waals surface area contributed by atoms with Crippen molar-refractivity contribution in [2.75, 3.05) is 7.11 Å². The molecule has 0 saturated carbocycles. The molecular formula is C11H13O3S2-. The van der Waals surface area contributed by atoms with Gasteiger partial charge in [0.2, 0.25) is 0 Å². The van der Waals surface area contributed by atoms with Gasteiger partial charge in [-0.2, -0.15) is 0 Å². The number of hydrogen-bond acceptors (Lipinski definition) is 5. The lowest BCUT2D eigenvalue weighted by Gasteiger charge is -2.13. The summed E-state index contributed by atoms with van der Waals surface area (Å²) in [4.78, 5) is 10.7. The summed E-state index contributed by atoms with van der Waals surface area (Å²) in [6, 6.07) is 4.72. The maximum Gasteiger partial charge on any atom is 0.122 e. The first-order valence-corrected chi connectivity index (χ1v) is 6.70. The van der Waals surface area contributed by atoms with Crippen LogP contribution in [-0.4, -0.2) is 18.3 Å². The van der Waals surface area contributed by atoms with Crippen molar-refractivity contribution in [3.8, 4) is 5.75 Å². The van der Waals surface area contributed by atoms with Gasteiger partial charge in [0.05, 0.1) is 13.1 Å². The van der Waals surface area contributed by atoms with Crippen molar-refractivity contribution < 1.29 is 14.6 Å². The summed E-state index contributed by atoms with van der Waals surface area (Å²) in [6.45, 7) is 2.02. The summed E-state index contributed by atoms with van der Waals surface area (Å²) in [6.07, 6.45) is 0.707. The van der Waals surface area contributed by atoms with Crippen molar-refractivity contribution in [3.05, 3.63) is 29.3 Å². The van der Waals surface area contributed by atoms with E-state index < -0.39 is 5.97 Å². The smallest absolute Gasteiger partial charge is 0.122 e. The van der Waals surface area contributed by atoms with Crippen LogP contribution in [0.1, 0.15) is 22.8 Å². The highest BCUT2D eigenvalue weighted by Crippen LogP contribution is 2.26. The molecule has 1 atom stereocenters. The van der Waals surface area contributed by atoms with Gasteiger partial charge in [0.1, 0.15) is 5.75 Å². The second-order valence-electron chi connectivity index (χ2n) is 3.43. The number of carbonyl (C=O) groups excluding carboxylic acids is 1. The lowest BCUT2D eigenvalue weighted by Crippen LogP contribution is -2.22. The molecule has 0 N–H and O–H groups in total. The van der Waals surface area contributed by atoms with Crippen molar-refractivity contribution in [3.63, 3.8) is 0 Å². The second-order valence-corrected chi connectivity index (χ2v) is 5.08. The maximum atomic E-state index is 10.7. The van der Waals surface area contributed by atoms with E-state index in [1.54, 1.807) is 19.2 Å². The van der Waals surface area contributed by atoms with Gasteiger partial charge in [-0.05, 0) is 35.7 Å². The average molecular weight is 257 g/mol. The number of thiol groups is 1. The Hall–Kier alpha value is -0.810. The summed E-state index contributed by atoms with van der Waals surface area (Å²) in [5.41, 5.74) is 1.03. The highest BCUT2D eigenvalue weighted by molar-refractivity contribution is 8.68. The van der Waals surface area contributed by atoms with E-state index in [4.69, 9.17) is 4.74 Å². The molecule has 88 valence electrons. The Morgan fingerprint density at radius 3 is 2.81 bits per heavy atom. The number of ether oxygens (including phenoxy) is 1. The topological polar surface area (TPSA) is 49.4 Å². The molecule has 5 heteroatoms. The van der Waals surface area contributed by atoms with Gasteiger partial charge in [0, 0.05) is 5.25 Å². The number of aromatic carboxylic acids is 1. The summed E-state index contributed by atoms with van der Waals surface area (Å²) in [5.74, 6) is -0.477. The third-order valence-electron chi connectivity index (χ3n) is 2.20. The van der Waals surface area contributed by atoms with E-state index in [-0.39, 0.29) is 10.8 Å². The van der Waals surface area contributed by atoms with E-state index in [9.17, 15) is 9.90 Å². The molecular weight excluding hydrogens is 244 g/mol. The van der Waals surface area contributed by atoms with Gasteiger partial charge in [0.15, 0.2) is 0 Å². The predicted octanol–water partition coefficient (Wildman–Crippen LogP) is 1.57. The minimum atomic E-state index is -1.17. The number of methoxy groups -OCH3 is 1. The van der Waals surface area contributed by atoms with Crippen LogP contribution in [0.15, 0.2) is 18.2 Å². The number of carboxylic acid groups (broad SMARTS) is 1. The zero-order valence-corrected chi connectivity index (χ0v) is 10.8. The average Bonchev–Trinajstić information content (AvgIpc) is 2.28. The molecule has 0 saturated heterocycles. The Bertz CT molecular complexity index is 379. The van der Waals surface area contributed by atoms with Crippen molar-refractivity contribution in [1.29, 1.82) is 0 Å². The first-order valence-electron chi connectivity index (χ1n) is 4.77. The summed E-state index contributed by atoms with van der Waals surface area (Å²) in [7, 11) is 2.99. The zero-order chi connectivity index (χ0) is 12.1. The van der Waals surface area contributed by atoms with E-state index in [0.29, 0.717) is 12.2 Å². The molecule has 0 aliphatic rings. The summed E-state index contributed by atoms with van der Waals surface area (Å²) < 4.78 is 5.18. The molecule has 3 nitrogen and oxygen atoms in total. The first-order chi connectivity index (χ1) is 7.58. The summed E-state index contributed by atoms with van der Waals surface area (Å²) >= 11 is 4.12. The SMILES string of the molecule is COc1ccc(C(=O)[O-])cc1CC(C)SS. The van der Waals surface area contributed by atoms with Crippen molar-refractivity contribution in [2.45, 2.75) is 18.6 Å². The minimum absolute atomic E-state index is 0.173. The first kappa shape index (κ1) is 13.3. The molecule has 0 aliphatic carbocycles. The van der Waals surface area contributed by atoms with E-state index in [1.807, 2.05) is 6.92 Å². The molecule has 1 unspecified atom stereocenters. The molecule has 16 heavy (non-hydrogen) atoms. The monoisotopic (exact) mass is 257 g/mol. The van der Waals surface area contributed by atoms with Crippen LogP contribution in [-0.2, 0) is 6.42 Å². The number of rotatable bonds is 5. The molecule has 0 fully saturated rings. The van der Waals surface area contributed by atoms with Gasteiger partial charge in [-0.3, -0.25) is 0 Å². The lowest BCUT2D eigenvalue weighted by molar-refractivity contribution is -0.255. The van der Waals surface area contributed by atoms with Crippen molar-refractivity contribution >= 4 is 28.4 Å². The fraction of sp³-hybridized carbons (Fsp3) is 0.364. The van der Waals surface area contributed by atoms with Crippen LogP contribution in [0.25, 0.3) is 0 Å². The largest absolute Gasteiger partial charge is 0.545 e. The Labute approximate surface area is 104 Å². The molecule has 1 aromatic carbocycles. The van der Waals surface area contributed by atoms with Crippen LogP contribution in [0.4, 0.5) is 0 Å². The normalized spacial score (nSPS) is 12.2. The fourth-order valence-electron chi connectivity index (χ4n) is 1.41. The molecule has 0 radical (unpaired) electrons. The Balaban J connectivity index is 3.02. The molecule has 0 heterocycles. The number of carboxylic acids is 1. The van der Waals surface area contributed by atoms with Crippen LogP contribution in [0.2, 0.25) is 0 Å². The van der Waals surface area contributed by atoms with Crippen LogP contribution >= 0.6 is 22.5 Å². The number of hydrogen-bond donors (Lipinski definition) is 1. The highest BCUT2D eigenvalue weighted by Gasteiger charge is 2.09. The third kappa shape index (κ3) is 3.35. The highest BCUT2D eigenvalue weighted by atomic mass is 33.1. The summed E-state index contributed by atoms with van der Waals surface area (Å²) in [5, 5.41) is 11.0. The molecule has 0 bridgehead atoms. The maximum absolute atomic E-state index is 10.7. The fourth-order valence-corrected chi connectivity index (χ4v) is 1.89. The number of benzene rings is 1. The van der Waals surface area contributed by atoms with Gasteiger partial charge < -0.3 is 14.6 Å². The van der Waals surface area contributed by atoms with Crippen LogP contribution < -0.4 is 9.84 Å². The van der Waals surface area contributed by atoms with Crippen LogP contribution in [0.3, 0.4) is 0 Å². The molecule has 1 aromatic rings. The third-order valence-corrected chi connectivity index (χ3v) is 3.81. The lowest BCUT2D eigenvalue weighted by atomic mass is 10.1. The van der Waals surface area contributed by atoms with Crippen LogP contribution in [0.5, 0.6) is 5.75 Å². The minimum Gasteiger partial charge on any atom is -0.545 e. The van der Waals surface area contributed by atoms with Crippen LogP contribution in [0, 0.1) is 0 Å². The molecule has 1 rings (SSSR count).